The highest BCUT2D eigenvalue weighted by molar-refractivity contribution is 7.86. The van der Waals surface area contributed by atoms with E-state index in [-0.39, 0.29) is 30.3 Å². The van der Waals surface area contributed by atoms with E-state index in [1.165, 1.54) is 24.3 Å². The molecule has 0 spiro atoms. The number of piperidine rings is 1. The van der Waals surface area contributed by atoms with E-state index in [2.05, 4.69) is 9.64 Å². The summed E-state index contributed by atoms with van der Waals surface area (Å²) in [6.07, 6.45) is -0.778. The van der Waals surface area contributed by atoms with Crippen molar-refractivity contribution in [1.29, 1.82) is 0 Å². The Hall–Kier alpha value is -3.28. The van der Waals surface area contributed by atoms with Gasteiger partial charge < -0.3 is 19.5 Å². The Labute approximate surface area is 251 Å². The van der Waals surface area contributed by atoms with E-state index >= 15 is 0 Å². The second-order valence-corrected chi connectivity index (χ2v) is 12.9. The maximum Gasteiger partial charge on any atom is 0.573 e. The molecule has 1 aliphatic rings. The van der Waals surface area contributed by atoms with Gasteiger partial charge in [-0.1, -0.05) is 29.8 Å². The number of nitrogens with zero attached hydrogens (tertiary/aromatic N) is 1. The van der Waals surface area contributed by atoms with Crippen molar-refractivity contribution in [3.63, 3.8) is 0 Å². The van der Waals surface area contributed by atoms with Gasteiger partial charge in [-0.2, -0.15) is 8.42 Å². The Morgan fingerprint density at radius 2 is 1.51 bits per heavy atom. The standard InChI is InChI=1S/C32H38F3NO6S/c1-24-3-15-30(16-4-24)43(38,39)41-22-19-31(2,37)23-40-28-13-9-27(10-14-28)36-20-17-26(18-21-36)6-5-25-7-11-29(12-8-25)42-32(33,34)35/h3-4,7-16,26,37H,5-6,17-23H2,1-2H3. The van der Waals surface area contributed by atoms with Crippen LogP contribution >= 0.6 is 0 Å². The molecule has 3 aromatic carbocycles. The molecule has 1 N–H and O–H groups in total. The molecule has 4 rings (SSSR count). The van der Waals surface area contributed by atoms with Crippen LogP contribution in [0.4, 0.5) is 18.9 Å². The van der Waals surface area contributed by atoms with Crippen LogP contribution < -0.4 is 14.4 Å². The van der Waals surface area contributed by atoms with Gasteiger partial charge in [-0.05, 0) is 99.5 Å². The van der Waals surface area contributed by atoms with Crippen LogP contribution in [-0.4, -0.2) is 51.8 Å². The third-order valence-electron chi connectivity index (χ3n) is 7.55. The Morgan fingerprint density at radius 3 is 2.12 bits per heavy atom. The lowest BCUT2D eigenvalue weighted by atomic mass is 9.90. The topological polar surface area (TPSA) is 85.3 Å². The van der Waals surface area contributed by atoms with Gasteiger partial charge in [0.15, 0.2) is 0 Å². The lowest BCUT2D eigenvalue weighted by Gasteiger charge is -2.34. The molecular formula is C32H38F3NO6S. The first-order valence-electron chi connectivity index (χ1n) is 14.3. The normalized spacial score (nSPS) is 16.1. The summed E-state index contributed by atoms with van der Waals surface area (Å²) in [5.74, 6) is 0.935. The zero-order valence-electron chi connectivity index (χ0n) is 24.3. The first-order chi connectivity index (χ1) is 20.3. The predicted molar refractivity (Wildman–Crippen MR) is 158 cm³/mol. The number of halogens is 3. The maximum atomic E-state index is 12.4. The van der Waals surface area contributed by atoms with Crippen LogP contribution in [0.15, 0.2) is 77.7 Å². The number of aliphatic hydroxyl groups is 1. The Balaban J connectivity index is 1.16. The first kappa shape index (κ1) is 32.6. The Morgan fingerprint density at radius 1 is 0.907 bits per heavy atom. The molecule has 1 atom stereocenters. The molecule has 0 saturated carbocycles. The van der Waals surface area contributed by atoms with Gasteiger partial charge in [-0.25, -0.2) is 0 Å². The smallest absolute Gasteiger partial charge is 0.491 e. The number of alkyl halides is 3. The second-order valence-electron chi connectivity index (χ2n) is 11.3. The third kappa shape index (κ3) is 10.4. The molecule has 0 aliphatic carbocycles. The summed E-state index contributed by atoms with van der Waals surface area (Å²) >= 11 is 0. The molecule has 1 fully saturated rings. The van der Waals surface area contributed by atoms with Gasteiger partial charge in [-0.3, -0.25) is 4.18 Å². The summed E-state index contributed by atoms with van der Waals surface area (Å²) in [7, 11) is -3.90. The summed E-state index contributed by atoms with van der Waals surface area (Å²) in [5, 5.41) is 10.7. The van der Waals surface area contributed by atoms with Gasteiger partial charge in [-0.15, -0.1) is 13.2 Å². The van der Waals surface area contributed by atoms with Crippen molar-refractivity contribution in [2.24, 2.45) is 5.92 Å². The fraction of sp³-hybridized carbons (Fsp3) is 0.438. The van der Waals surface area contributed by atoms with Gasteiger partial charge in [0.1, 0.15) is 18.1 Å². The highest BCUT2D eigenvalue weighted by atomic mass is 32.2. The zero-order valence-corrected chi connectivity index (χ0v) is 25.2. The zero-order chi connectivity index (χ0) is 31.1. The molecule has 0 radical (unpaired) electrons. The van der Waals surface area contributed by atoms with Gasteiger partial charge in [0.25, 0.3) is 10.1 Å². The quantitative estimate of drug-likeness (QED) is 0.214. The molecule has 0 bridgehead atoms. The molecule has 1 aliphatic heterocycles. The summed E-state index contributed by atoms with van der Waals surface area (Å²) in [4.78, 5) is 2.39. The van der Waals surface area contributed by atoms with Crippen LogP contribution in [0.5, 0.6) is 11.5 Å². The van der Waals surface area contributed by atoms with Crippen molar-refractivity contribution in [2.45, 2.75) is 62.8 Å². The Kier molecular flexibility index (Phi) is 10.6. The van der Waals surface area contributed by atoms with E-state index in [0.717, 1.165) is 55.6 Å². The van der Waals surface area contributed by atoms with Crippen LogP contribution in [0, 0.1) is 12.8 Å². The monoisotopic (exact) mass is 621 g/mol. The average Bonchev–Trinajstić information content (AvgIpc) is 2.96. The van der Waals surface area contributed by atoms with E-state index in [1.54, 1.807) is 31.2 Å². The molecule has 1 unspecified atom stereocenters. The minimum atomic E-state index is -4.68. The van der Waals surface area contributed by atoms with Crippen molar-refractivity contribution in [3.8, 4) is 11.5 Å². The number of hydrogen-bond donors (Lipinski definition) is 1. The van der Waals surface area contributed by atoms with Gasteiger partial charge in [0.2, 0.25) is 0 Å². The van der Waals surface area contributed by atoms with E-state index < -0.39 is 22.1 Å². The number of anilines is 1. The Bertz CT molecular complexity index is 1400. The van der Waals surface area contributed by atoms with Crippen molar-refractivity contribution in [2.75, 3.05) is 31.2 Å². The van der Waals surface area contributed by atoms with Crippen molar-refractivity contribution in [3.05, 3.63) is 83.9 Å². The molecule has 0 aromatic heterocycles. The van der Waals surface area contributed by atoms with Crippen LogP contribution in [0.2, 0.25) is 0 Å². The van der Waals surface area contributed by atoms with E-state index in [0.29, 0.717) is 11.7 Å². The number of ether oxygens (including phenoxy) is 2. The average molecular weight is 622 g/mol. The summed E-state index contributed by atoms with van der Waals surface area (Å²) < 4.78 is 76.5. The fourth-order valence-electron chi connectivity index (χ4n) is 4.92. The number of benzene rings is 3. The number of hydrogen-bond acceptors (Lipinski definition) is 7. The summed E-state index contributed by atoms with van der Waals surface area (Å²) in [6, 6.07) is 20.1. The molecule has 0 amide bonds. The number of rotatable bonds is 13. The molecule has 43 heavy (non-hydrogen) atoms. The van der Waals surface area contributed by atoms with Crippen molar-refractivity contribution in [1.82, 2.24) is 0 Å². The van der Waals surface area contributed by atoms with Crippen LogP contribution in [-0.2, 0) is 20.7 Å². The van der Waals surface area contributed by atoms with E-state index in [4.69, 9.17) is 8.92 Å². The van der Waals surface area contributed by atoms with Gasteiger partial charge in [0, 0.05) is 25.2 Å². The fourth-order valence-corrected chi connectivity index (χ4v) is 5.83. The molecule has 7 nitrogen and oxygen atoms in total. The SMILES string of the molecule is Cc1ccc(S(=O)(=O)OCCC(C)(O)COc2ccc(N3CCC(CCc4ccc(OC(F)(F)F)cc4)CC3)cc2)cc1. The molecule has 1 heterocycles. The minimum Gasteiger partial charge on any atom is -0.491 e. The lowest BCUT2D eigenvalue weighted by molar-refractivity contribution is -0.274. The maximum absolute atomic E-state index is 12.4. The van der Waals surface area contributed by atoms with Crippen LogP contribution in [0.3, 0.4) is 0 Å². The minimum absolute atomic E-state index is 0.0240. The molecule has 234 valence electrons. The van der Waals surface area contributed by atoms with Gasteiger partial charge in [0.05, 0.1) is 17.1 Å². The highest BCUT2D eigenvalue weighted by Gasteiger charge is 2.31. The summed E-state index contributed by atoms with van der Waals surface area (Å²) in [6.45, 7) is 5.05. The van der Waals surface area contributed by atoms with E-state index in [9.17, 15) is 26.7 Å². The highest BCUT2D eigenvalue weighted by Crippen LogP contribution is 2.29. The van der Waals surface area contributed by atoms with Gasteiger partial charge >= 0.3 is 6.36 Å². The molecule has 1 saturated heterocycles. The van der Waals surface area contributed by atoms with Crippen LogP contribution in [0.1, 0.15) is 43.7 Å². The lowest BCUT2D eigenvalue weighted by Crippen LogP contribution is -2.34. The number of aryl methyl sites for hydroxylation is 2. The third-order valence-corrected chi connectivity index (χ3v) is 8.88. The summed E-state index contributed by atoms with van der Waals surface area (Å²) in [5.41, 5.74) is 1.72. The molecular weight excluding hydrogens is 583 g/mol. The molecule has 11 heteroatoms. The first-order valence-corrected chi connectivity index (χ1v) is 15.7. The molecule has 3 aromatic rings. The second kappa shape index (κ2) is 14.0. The van der Waals surface area contributed by atoms with Crippen LogP contribution in [0.25, 0.3) is 0 Å². The van der Waals surface area contributed by atoms with E-state index in [1.807, 2.05) is 31.2 Å². The van der Waals surface area contributed by atoms with Crippen molar-refractivity contribution >= 4 is 15.8 Å². The van der Waals surface area contributed by atoms with Crippen molar-refractivity contribution < 1.29 is 40.4 Å². The predicted octanol–water partition coefficient (Wildman–Crippen LogP) is 6.67. The largest absolute Gasteiger partial charge is 0.573 e.